The first kappa shape index (κ1) is 20.2. The summed E-state index contributed by atoms with van der Waals surface area (Å²) in [4.78, 5) is 30.1. The van der Waals surface area contributed by atoms with E-state index in [9.17, 15) is 9.59 Å². The third-order valence-corrected chi connectivity index (χ3v) is 7.25. The zero-order valence-corrected chi connectivity index (χ0v) is 17.9. The molecule has 2 amide bonds. The van der Waals surface area contributed by atoms with E-state index < -0.39 is 0 Å². The van der Waals surface area contributed by atoms with Crippen molar-refractivity contribution in [3.05, 3.63) is 83.9 Å². The number of nitrogens with one attached hydrogen (secondary N) is 2. The van der Waals surface area contributed by atoms with Crippen molar-refractivity contribution in [1.82, 2.24) is 4.90 Å². The first-order chi connectivity index (χ1) is 15.2. The normalized spacial score (nSPS) is 28.2. The van der Waals surface area contributed by atoms with E-state index in [4.69, 9.17) is 0 Å². The first-order valence-corrected chi connectivity index (χ1v) is 11.5. The van der Waals surface area contributed by atoms with Crippen LogP contribution in [-0.4, -0.2) is 49.6 Å². The van der Waals surface area contributed by atoms with Crippen LogP contribution in [0.5, 0.6) is 0 Å². The van der Waals surface area contributed by atoms with Gasteiger partial charge in [-0.2, -0.15) is 0 Å². The number of amides is 2. The molecule has 2 heterocycles. The predicted molar refractivity (Wildman–Crippen MR) is 118 cm³/mol. The number of likely N-dealkylation sites (tertiary alicyclic amines) is 1. The lowest BCUT2D eigenvalue weighted by molar-refractivity contribution is -1.03. The van der Waals surface area contributed by atoms with Gasteiger partial charge in [-0.25, -0.2) is 4.90 Å². The van der Waals surface area contributed by atoms with Crippen LogP contribution < -0.4 is 9.80 Å². The quantitative estimate of drug-likeness (QED) is 0.549. The van der Waals surface area contributed by atoms with Crippen molar-refractivity contribution < 1.29 is 19.4 Å². The number of benzene rings is 2. The molecule has 160 valence electrons. The van der Waals surface area contributed by atoms with E-state index in [1.54, 1.807) is 9.80 Å². The van der Waals surface area contributed by atoms with Crippen LogP contribution in [-0.2, 0) is 9.59 Å². The van der Waals surface area contributed by atoms with Crippen LogP contribution in [0, 0.1) is 11.8 Å². The van der Waals surface area contributed by atoms with Crippen LogP contribution in [0.3, 0.4) is 0 Å². The topological polar surface area (TPSA) is 46.3 Å². The Kier molecular flexibility index (Phi) is 5.70. The number of allylic oxidation sites excluding steroid dienone is 2. The van der Waals surface area contributed by atoms with E-state index in [0.717, 1.165) is 39.0 Å². The fraction of sp³-hybridized carbons (Fsp3) is 0.385. The van der Waals surface area contributed by atoms with Crippen molar-refractivity contribution in [2.45, 2.75) is 18.9 Å². The number of fused-ring (bicyclic) bond motifs is 1. The molecule has 0 saturated carbocycles. The van der Waals surface area contributed by atoms with Gasteiger partial charge in [-0.1, -0.05) is 72.8 Å². The zero-order valence-electron chi connectivity index (χ0n) is 17.9. The molecule has 5 heteroatoms. The van der Waals surface area contributed by atoms with Crippen LogP contribution in [0.15, 0.2) is 72.8 Å². The highest BCUT2D eigenvalue weighted by Crippen LogP contribution is 2.34. The highest BCUT2D eigenvalue weighted by molar-refractivity contribution is 6.05. The first-order valence-electron chi connectivity index (χ1n) is 11.5. The maximum Gasteiger partial charge on any atom is 0.237 e. The Balaban J connectivity index is 1.26. The summed E-state index contributed by atoms with van der Waals surface area (Å²) in [6, 6.07) is 21.8. The van der Waals surface area contributed by atoms with Crippen molar-refractivity contribution in [3.63, 3.8) is 0 Å². The van der Waals surface area contributed by atoms with Gasteiger partial charge in [0.05, 0.1) is 11.8 Å². The molecule has 2 aromatic rings. The van der Waals surface area contributed by atoms with Crippen LogP contribution in [0.1, 0.15) is 30.0 Å². The molecule has 2 saturated heterocycles. The minimum absolute atomic E-state index is 0.0491. The fourth-order valence-electron chi connectivity index (χ4n) is 5.57. The molecule has 1 aliphatic carbocycles. The Morgan fingerprint density at radius 3 is 1.71 bits per heavy atom. The Bertz CT molecular complexity index is 886. The summed E-state index contributed by atoms with van der Waals surface area (Å²) in [6.45, 7) is 4.51. The van der Waals surface area contributed by atoms with Gasteiger partial charge < -0.3 is 9.80 Å². The molecular weight excluding hydrogens is 386 g/mol. The van der Waals surface area contributed by atoms with Crippen molar-refractivity contribution >= 4 is 11.8 Å². The number of hydrogen-bond donors (Lipinski definition) is 2. The lowest BCUT2D eigenvalue weighted by Gasteiger charge is -2.36. The number of carbonyl (C=O) groups excluding carboxylic acids is 2. The van der Waals surface area contributed by atoms with Gasteiger partial charge in [-0.3, -0.25) is 9.59 Å². The monoisotopic (exact) mass is 417 g/mol. The maximum absolute atomic E-state index is 12.8. The van der Waals surface area contributed by atoms with E-state index in [1.165, 1.54) is 16.0 Å². The number of nitrogens with zero attached hydrogens (tertiary/aromatic N) is 1. The van der Waals surface area contributed by atoms with Crippen LogP contribution >= 0.6 is 0 Å². The van der Waals surface area contributed by atoms with Crippen molar-refractivity contribution in [2.75, 3.05) is 32.8 Å². The SMILES string of the molecule is O=C1[C@H]2CC=CC[C@@H]2C(=O)N1C[NH+]1CC[NH+](C(c2ccccc2)c2ccccc2)CC1. The Morgan fingerprint density at radius 1 is 0.742 bits per heavy atom. The summed E-state index contributed by atoms with van der Waals surface area (Å²) in [6.07, 6.45) is 5.54. The van der Waals surface area contributed by atoms with Gasteiger partial charge in [0.2, 0.25) is 11.8 Å². The van der Waals surface area contributed by atoms with E-state index in [1.807, 2.05) is 0 Å². The summed E-state index contributed by atoms with van der Waals surface area (Å²) >= 11 is 0. The number of rotatable bonds is 5. The van der Waals surface area contributed by atoms with E-state index >= 15 is 0 Å². The average Bonchev–Trinajstić information content (AvgIpc) is 3.07. The minimum atomic E-state index is -0.121. The molecule has 5 rings (SSSR count). The van der Waals surface area contributed by atoms with Gasteiger partial charge in [0, 0.05) is 11.1 Å². The van der Waals surface area contributed by atoms with Crippen LogP contribution in [0.2, 0.25) is 0 Å². The highest BCUT2D eigenvalue weighted by Gasteiger charge is 2.48. The number of carbonyl (C=O) groups is 2. The lowest BCUT2D eigenvalue weighted by atomic mass is 9.85. The van der Waals surface area contributed by atoms with E-state index in [-0.39, 0.29) is 23.7 Å². The average molecular weight is 418 g/mol. The smallest absolute Gasteiger partial charge is 0.237 e. The molecule has 5 nitrogen and oxygen atoms in total. The molecule has 2 aliphatic heterocycles. The molecule has 0 radical (unpaired) electrons. The van der Waals surface area contributed by atoms with Crippen molar-refractivity contribution in [3.8, 4) is 0 Å². The molecule has 0 spiro atoms. The largest absolute Gasteiger partial charge is 0.316 e. The summed E-state index contributed by atoms with van der Waals surface area (Å²) in [7, 11) is 0. The molecule has 2 atom stereocenters. The predicted octanol–water partition coefficient (Wildman–Crippen LogP) is 0.468. The lowest BCUT2D eigenvalue weighted by Crippen LogP contribution is -3.28. The van der Waals surface area contributed by atoms with Gasteiger partial charge >= 0.3 is 0 Å². The molecular formula is C26H31N3O2+2. The molecule has 0 aromatic heterocycles. The second kappa shape index (κ2) is 8.77. The molecule has 31 heavy (non-hydrogen) atoms. The molecule has 0 bridgehead atoms. The van der Waals surface area contributed by atoms with Gasteiger partial charge in [0.25, 0.3) is 0 Å². The van der Waals surface area contributed by atoms with Gasteiger partial charge in [-0.15, -0.1) is 0 Å². The van der Waals surface area contributed by atoms with Gasteiger partial charge in [0.1, 0.15) is 32.2 Å². The Labute approximate surface area is 183 Å². The second-order valence-corrected chi connectivity index (χ2v) is 9.08. The molecule has 2 N–H and O–H groups in total. The maximum atomic E-state index is 12.8. The molecule has 0 unspecified atom stereocenters. The van der Waals surface area contributed by atoms with Gasteiger partial charge in [-0.05, 0) is 12.8 Å². The Morgan fingerprint density at radius 2 is 1.23 bits per heavy atom. The van der Waals surface area contributed by atoms with Crippen molar-refractivity contribution in [1.29, 1.82) is 0 Å². The number of hydrogen-bond acceptors (Lipinski definition) is 2. The summed E-state index contributed by atoms with van der Waals surface area (Å²) in [5.41, 5.74) is 2.68. The molecule has 3 aliphatic rings. The number of imide groups is 1. The summed E-state index contributed by atoms with van der Waals surface area (Å²) in [5.74, 6) is -0.144. The third-order valence-electron chi connectivity index (χ3n) is 7.25. The third kappa shape index (κ3) is 3.95. The zero-order chi connectivity index (χ0) is 21.2. The standard InChI is InChI=1S/C26H29N3O2/c30-25-22-13-7-8-14-23(22)26(31)29(25)19-27-15-17-28(18-16-27)24(20-9-3-1-4-10-20)21-11-5-2-6-12-21/h1-12,22-24H,13-19H2/p+2/t22-,23-/m0/s1. The molecule has 2 fully saturated rings. The number of piperazine rings is 1. The second-order valence-electron chi connectivity index (χ2n) is 9.08. The summed E-state index contributed by atoms with van der Waals surface area (Å²) < 4.78 is 0. The minimum Gasteiger partial charge on any atom is -0.316 e. The summed E-state index contributed by atoms with van der Waals surface area (Å²) in [5, 5.41) is 0. The number of quaternary nitrogens is 2. The van der Waals surface area contributed by atoms with Gasteiger partial charge in [0.15, 0.2) is 6.67 Å². The van der Waals surface area contributed by atoms with E-state index in [2.05, 4.69) is 72.8 Å². The van der Waals surface area contributed by atoms with Crippen LogP contribution in [0.4, 0.5) is 0 Å². The Hall–Kier alpha value is -2.76. The van der Waals surface area contributed by atoms with Crippen LogP contribution in [0.25, 0.3) is 0 Å². The highest BCUT2D eigenvalue weighted by atomic mass is 16.2. The molecule has 2 aromatic carbocycles. The fourth-order valence-corrected chi connectivity index (χ4v) is 5.57. The van der Waals surface area contributed by atoms with E-state index in [0.29, 0.717) is 12.7 Å². The van der Waals surface area contributed by atoms with Crippen molar-refractivity contribution in [2.24, 2.45) is 11.8 Å².